The Balaban J connectivity index is 0.00000243. The van der Waals surface area contributed by atoms with E-state index in [4.69, 9.17) is 17.3 Å². The van der Waals surface area contributed by atoms with Crippen LogP contribution >= 0.6 is 24.0 Å². The first-order valence-electron chi connectivity index (χ1n) is 7.88. The lowest BCUT2D eigenvalue weighted by Crippen LogP contribution is -2.31. The van der Waals surface area contributed by atoms with E-state index in [-0.39, 0.29) is 53.3 Å². The van der Waals surface area contributed by atoms with Gasteiger partial charge in [0.25, 0.3) is 0 Å². The summed E-state index contributed by atoms with van der Waals surface area (Å²) >= 11 is 5.85. The third-order valence-electron chi connectivity index (χ3n) is 4.47. The molecule has 11 heteroatoms. The maximum atomic E-state index is 12.9. The fourth-order valence-electron chi connectivity index (χ4n) is 3.08. The molecule has 3 rings (SSSR count). The van der Waals surface area contributed by atoms with Crippen molar-refractivity contribution in [2.24, 2.45) is 11.7 Å². The largest absolute Gasteiger partial charge is 0.417 e. The highest BCUT2D eigenvalue weighted by molar-refractivity contribution is 6.33. The second kappa shape index (κ2) is 7.98. The van der Waals surface area contributed by atoms with Gasteiger partial charge in [0.1, 0.15) is 0 Å². The Morgan fingerprint density at radius 2 is 2.12 bits per heavy atom. The lowest BCUT2D eigenvalue weighted by molar-refractivity contribution is -0.137. The summed E-state index contributed by atoms with van der Waals surface area (Å²) in [6, 6.07) is 0.822. The van der Waals surface area contributed by atoms with Crippen molar-refractivity contribution >= 4 is 35.6 Å². The Morgan fingerprint density at radius 3 is 2.73 bits per heavy atom. The number of carbonyl (C=O) groups is 1. The van der Waals surface area contributed by atoms with Crippen LogP contribution < -0.4 is 11.1 Å². The predicted octanol–water partition coefficient (Wildman–Crippen LogP) is 2.96. The second-order valence-electron chi connectivity index (χ2n) is 6.22. The molecule has 2 atom stereocenters. The summed E-state index contributed by atoms with van der Waals surface area (Å²) in [5.74, 6) is 0.102. The summed E-state index contributed by atoms with van der Waals surface area (Å²) in [4.78, 5) is 12.0. The molecule has 1 aliphatic rings. The molecule has 2 aromatic heterocycles. The molecule has 0 bridgehead atoms. The van der Waals surface area contributed by atoms with E-state index in [1.54, 1.807) is 0 Å². The Labute approximate surface area is 158 Å². The zero-order valence-corrected chi connectivity index (χ0v) is 15.2. The summed E-state index contributed by atoms with van der Waals surface area (Å²) in [5.41, 5.74) is 5.14. The standard InChI is InChI=1S/C15H17ClF3N5O.ClH/c16-10-5-9(15(17,18)19)7-24-12(22-23-14(10)24)6-21-13(25)4-8-2-1-3-11(8)20;/h5,7-8,11H,1-4,6,20H2,(H,21,25);1H/t8-,11+;/m0./s1. The van der Waals surface area contributed by atoms with Crippen molar-refractivity contribution in [2.45, 2.75) is 44.4 Å². The number of hydrogen-bond donors (Lipinski definition) is 2. The van der Waals surface area contributed by atoms with E-state index in [0.29, 0.717) is 6.42 Å². The van der Waals surface area contributed by atoms with Gasteiger partial charge in [0.2, 0.25) is 5.91 Å². The normalized spacial score (nSPS) is 20.2. The van der Waals surface area contributed by atoms with E-state index < -0.39 is 11.7 Å². The Kier molecular flexibility index (Phi) is 6.36. The monoisotopic (exact) mass is 411 g/mol. The first-order chi connectivity index (χ1) is 11.8. The molecule has 2 heterocycles. The number of hydrogen-bond acceptors (Lipinski definition) is 4. The fraction of sp³-hybridized carbons (Fsp3) is 0.533. The van der Waals surface area contributed by atoms with E-state index >= 15 is 0 Å². The molecule has 0 unspecified atom stereocenters. The number of halogens is 5. The van der Waals surface area contributed by atoms with Crippen LogP contribution in [0.2, 0.25) is 5.02 Å². The molecule has 3 N–H and O–H groups in total. The lowest BCUT2D eigenvalue weighted by atomic mass is 10.00. The number of pyridine rings is 1. The highest BCUT2D eigenvalue weighted by atomic mass is 35.5. The SMILES string of the molecule is Cl.N[C@@H]1CCC[C@H]1CC(=O)NCc1nnc2c(Cl)cc(C(F)(F)F)cn12. The van der Waals surface area contributed by atoms with Crippen molar-refractivity contribution in [3.8, 4) is 0 Å². The summed E-state index contributed by atoms with van der Waals surface area (Å²) in [7, 11) is 0. The Hall–Kier alpha value is -1.58. The van der Waals surface area contributed by atoms with Gasteiger partial charge in [0.15, 0.2) is 11.5 Å². The van der Waals surface area contributed by atoms with Gasteiger partial charge in [0.05, 0.1) is 17.1 Å². The molecular weight excluding hydrogens is 394 g/mol. The Morgan fingerprint density at radius 1 is 1.38 bits per heavy atom. The van der Waals surface area contributed by atoms with E-state index in [1.807, 2.05) is 0 Å². The van der Waals surface area contributed by atoms with Crippen LogP contribution in [0, 0.1) is 5.92 Å². The van der Waals surface area contributed by atoms with Gasteiger partial charge in [-0.15, -0.1) is 22.6 Å². The number of rotatable bonds is 4. The molecule has 1 amide bonds. The van der Waals surface area contributed by atoms with Gasteiger partial charge in [0, 0.05) is 18.7 Å². The average Bonchev–Trinajstić information content (AvgIpc) is 3.11. The van der Waals surface area contributed by atoms with Crippen LogP contribution in [0.4, 0.5) is 13.2 Å². The summed E-state index contributed by atoms with van der Waals surface area (Å²) in [5, 5.41) is 10.1. The van der Waals surface area contributed by atoms with Crippen molar-refractivity contribution in [3.05, 3.63) is 28.7 Å². The molecule has 26 heavy (non-hydrogen) atoms. The maximum Gasteiger partial charge on any atom is 0.417 e. The van der Waals surface area contributed by atoms with Gasteiger partial charge in [-0.1, -0.05) is 18.0 Å². The number of nitrogens with one attached hydrogen (secondary N) is 1. The summed E-state index contributed by atoms with van der Waals surface area (Å²) < 4.78 is 39.9. The average molecular weight is 412 g/mol. The number of aromatic nitrogens is 3. The van der Waals surface area contributed by atoms with Crippen molar-refractivity contribution < 1.29 is 18.0 Å². The molecule has 1 aliphatic carbocycles. The molecule has 1 saturated carbocycles. The highest BCUT2D eigenvalue weighted by Gasteiger charge is 2.32. The molecule has 0 aliphatic heterocycles. The van der Waals surface area contributed by atoms with Crippen LogP contribution in [-0.4, -0.2) is 26.5 Å². The van der Waals surface area contributed by atoms with Gasteiger partial charge < -0.3 is 11.1 Å². The number of nitrogens with zero attached hydrogens (tertiary/aromatic N) is 3. The molecule has 0 spiro atoms. The number of carbonyl (C=O) groups excluding carboxylic acids is 1. The van der Waals surface area contributed by atoms with E-state index in [0.717, 1.165) is 35.9 Å². The highest BCUT2D eigenvalue weighted by Crippen LogP contribution is 2.32. The molecule has 1 fully saturated rings. The molecule has 0 saturated heterocycles. The van der Waals surface area contributed by atoms with Crippen LogP contribution in [0.25, 0.3) is 5.65 Å². The van der Waals surface area contributed by atoms with E-state index in [1.165, 1.54) is 0 Å². The van der Waals surface area contributed by atoms with Crippen LogP contribution in [0.5, 0.6) is 0 Å². The zero-order chi connectivity index (χ0) is 18.2. The quantitative estimate of drug-likeness (QED) is 0.809. The third-order valence-corrected chi connectivity index (χ3v) is 4.75. The first kappa shape index (κ1) is 20.7. The van der Waals surface area contributed by atoms with Gasteiger partial charge in [-0.25, -0.2) is 0 Å². The molecular formula is C15H18Cl2F3N5O. The molecule has 0 radical (unpaired) electrons. The van der Waals surface area contributed by atoms with Crippen LogP contribution in [0.1, 0.15) is 37.1 Å². The van der Waals surface area contributed by atoms with Gasteiger partial charge in [-0.3, -0.25) is 9.20 Å². The van der Waals surface area contributed by atoms with Crippen molar-refractivity contribution in [1.29, 1.82) is 0 Å². The fourth-order valence-corrected chi connectivity index (χ4v) is 3.33. The Bertz CT molecular complexity index is 795. The van der Waals surface area contributed by atoms with E-state index in [9.17, 15) is 18.0 Å². The molecule has 6 nitrogen and oxygen atoms in total. The lowest BCUT2D eigenvalue weighted by Gasteiger charge is -2.14. The predicted molar refractivity (Wildman–Crippen MR) is 92.0 cm³/mol. The van der Waals surface area contributed by atoms with Gasteiger partial charge in [-0.2, -0.15) is 13.2 Å². The topological polar surface area (TPSA) is 85.3 Å². The van der Waals surface area contributed by atoms with Gasteiger partial charge in [-0.05, 0) is 24.8 Å². The van der Waals surface area contributed by atoms with Crippen molar-refractivity contribution in [3.63, 3.8) is 0 Å². The maximum absolute atomic E-state index is 12.9. The zero-order valence-electron chi connectivity index (χ0n) is 13.6. The smallest absolute Gasteiger partial charge is 0.349 e. The van der Waals surface area contributed by atoms with Crippen molar-refractivity contribution in [1.82, 2.24) is 19.9 Å². The molecule has 2 aromatic rings. The van der Waals surface area contributed by atoms with Crippen LogP contribution in [0.3, 0.4) is 0 Å². The number of amides is 1. The number of nitrogens with two attached hydrogens (primary N) is 1. The van der Waals surface area contributed by atoms with Crippen LogP contribution in [0.15, 0.2) is 12.3 Å². The number of fused-ring (bicyclic) bond motifs is 1. The van der Waals surface area contributed by atoms with Crippen molar-refractivity contribution in [2.75, 3.05) is 0 Å². The van der Waals surface area contributed by atoms with Crippen LogP contribution in [-0.2, 0) is 17.5 Å². The number of alkyl halides is 3. The summed E-state index contributed by atoms with van der Waals surface area (Å²) in [6.07, 6.45) is -0.547. The second-order valence-corrected chi connectivity index (χ2v) is 6.63. The minimum atomic E-state index is -4.54. The minimum Gasteiger partial charge on any atom is -0.349 e. The first-order valence-corrected chi connectivity index (χ1v) is 8.26. The third kappa shape index (κ3) is 4.39. The molecule has 144 valence electrons. The molecule has 0 aromatic carbocycles. The van der Waals surface area contributed by atoms with E-state index in [2.05, 4.69) is 15.5 Å². The minimum absolute atomic E-state index is 0. The summed E-state index contributed by atoms with van der Waals surface area (Å²) in [6.45, 7) is -0.0421. The van der Waals surface area contributed by atoms with Gasteiger partial charge >= 0.3 is 6.18 Å².